The van der Waals surface area contributed by atoms with Crippen molar-refractivity contribution >= 4 is 0 Å². The van der Waals surface area contributed by atoms with Crippen molar-refractivity contribution in [1.82, 2.24) is 4.90 Å². The zero-order valence-corrected chi connectivity index (χ0v) is 9.53. The highest BCUT2D eigenvalue weighted by Crippen LogP contribution is 2.25. The standard InChI is InChI=1S/C13H19NO/c1-3-13(15)9-14(10-13)8-12-6-4-5-11(2)7-12/h4-7,15H,3,8-10H2,1-2H3. The van der Waals surface area contributed by atoms with Crippen molar-refractivity contribution in [3.8, 4) is 0 Å². The molecule has 0 unspecified atom stereocenters. The zero-order chi connectivity index (χ0) is 10.9. The van der Waals surface area contributed by atoms with Gasteiger partial charge in [-0.05, 0) is 18.9 Å². The number of aliphatic hydroxyl groups is 1. The van der Waals surface area contributed by atoms with Crippen molar-refractivity contribution < 1.29 is 5.11 Å². The molecule has 2 nitrogen and oxygen atoms in total. The van der Waals surface area contributed by atoms with Crippen LogP contribution in [0, 0.1) is 6.92 Å². The van der Waals surface area contributed by atoms with Crippen molar-refractivity contribution in [2.75, 3.05) is 13.1 Å². The highest BCUT2D eigenvalue weighted by atomic mass is 16.3. The third-order valence-corrected chi connectivity index (χ3v) is 3.18. The van der Waals surface area contributed by atoms with Gasteiger partial charge in [0.25, 0.3) is 0 Å². The van der Waals surface area contributed by atoms with Crippen LogP contribution in [0.15, 0.2) is 24.3 Å². The summed E-state index contributed by atoms with van der Waals surface area (Å²) in [4.78, 5) is 2.29. The monoisotopic (exact) mass is 205 g/mol. The maximum atomic E-state index is 9.88. The first kappa shape index (κ1) is 10.7. The van der Waals surface area contributed by atoms with Crippen LogP contribution in [0.4, 0.5) is 0 Å². The Balaban J connectivity index is 1.90. The van der Waals surface area contributed by atoms with E-state index in [1.165, 1.54) is 11.1 Å². The maximum Gasteiger partial charge on any atom is 0.0897 e. The van der Waals surface area contributed by atoms with E-state index in [1.807, 2.05) is 6.92 Å². The van der Waals surface area contributed by atoms with Crippen molar-refractivity contribution in [3.63, 3.8) is 0 Å². The summed E-state index contributed by atoms with van der Waals surface area (Å²) in [7, 11) is 0. The number of rotatable bonds is 3. The Bertz CT molecular complexity index is 342. The Labute approximate surface area is 91.5 Å². The van der Waals surface area contributed by atoms with Gasteiger partial charge in [0.1, 0.15) is 0 Å². The Morgan fingerprint density at radius 3 is 2.73 bits per heavy atom. The molecule has 82 valence electrons. The van der Waals surface area contributed by atoms with Gasteiger partial charge in [-0.2, -0.15) is 0 Å². The summed E-state index contributed by atoms with van der Waals surface area (Å²) >= 11 is 0. The van der Waals surface area contributed by atoms with Crippen LogP contribution in [-0.2, 0) is 6.54 Å². The van der Waals surface area contributed by atoms with E-state index in [9.17, 15) is 5.11 Å². The molecule has 2 heteroatoms. The molecule has 15 heavy (non-hydrogen) atoms. The third-order valence-electron chi connectivity index (χ3n) is 3.18. The number of likely N-dealkylation sites (tertiary alicyclic amines) is 1. The van der Waals surface area contributed by atoms with Crippen LogP contribution in [0.2, 0.25) is 0 Å². The summed E-state index contributed by atoms with van der Waals surface area (Å²) in [5.74, 6) is 0. The smallest absolute Gasteiger partial charge is 0.0897 e. The number of aryl methyl sites for hydroxylation is 1. The Kier molecular flexibility index (Phi) is 2.81. The molecular weight excluding hydrogens is 186 g/mol. The molecular formula is C13H19NO. The third kappa shape index (κ3) is 2.39. The molecule has 1 saturated heterocycles. The van der Waals surface area contributed by atoms with Gasteiger partial charge in [0, 0.05) is 19.6 Å². The van der Waals surface area contributed by atoms with E-state index < -0.39 is 5.60 Å². The Morgan fingerprint density at radius 2 is 2.13 bits per heavy atom. The molecule has 0 atom stereocenters. The van der Waals surface area contributed by atoms with Crippen LogP contribution in [0.1, 0.15) is 24.5 Å². The first-order valence-corrected chi connectivity index (χ1v) is 5.61. The molecule has 1 aromatic rings. The second kappa shape index (κ2) is 3.95. The highest BCUT2D eigenvalue weighted by molar-refractivity contribution is 5.22. The number of β-amino-alcohol motifs (C(OH)–C–C–N with tert-alkyl or cyclic N) is 1. The average Bonchev–Trinajstić information content (AvgIpc) is 2.15. The van der Waals surface area contributed by atoms with E-state index in [2.05, 4.69) is 36.1 Å². The molecule has 1 fully saturated rings. The van der Waals surface area contributed by atoms with Crippen LogP contribution in [-0.4, -0.2) is 28.7 Å². The summed E-state index contributed by atoms with van der Waals surface area (Å²) in [5, 5.41) is 9.88. The normalized spacial score (nSPS) is 19.9. The van der Waals surface area contributed by atoms with E-state index in [0.29, 0.717) is 0 Å². The van der Waals surface area contributed by atoms with Gasteiger partial charge in [-0.1, -0.05) is 36.8 Å². The van der Waals surface area contributed by atoms with Gasteiger partial charge in [0.2, 0.25) is 0 Å². The molecule has 0 amide bonds. The fraction of sp³-hybridized carbons (Fsp3) is 0.538. The van der Waals surface area contributed by atoms with Gasteiger partial charge in [-0.25, -0.2) is 0 Å². The second-order valence-electron chi connectivity index (χ2n) is 4.71. The van der Waals surface area contributed by atoms with Crippen molar-refractivity contribution in [2.24, 2.45) is 0 Å². The SMILES string of the molecule is CCC1(O)CN(Cc2cccc(C)c2)C1. The first-order valence-electron chi connectivity index (χ1n) is 5.61. The van der Waals surface area contributed by atoms with E-state index in [4.69, 9.17) is 0 Å². The molecule has 1 aromatic carbocycles. The van der Waals surface area contributed by atoms with Gasteiger partial charge in [-0.15, -0.1) is 0 Å². The van der Waals surface area contributed by atoms with Gasteiger partial charge < -0.3 is 5.11 Å². The molecule has 1 heterocycles. The quantitative estimate of drug-likeness (QED) is 0.815. The van der Waals surface area contributed by atoms with E-state index in [-0.39, 0.29) is 0 Å². The summed E-state index contributed by atoms with van der Waals surface area (Å²) in [6.45, 7) is 6.75. The van der Waals surface area contributed by atoms with Crippen LogP contribution >= 0.6 is 0 Å². The highest BCUT2D eigenvalue weighted by Gasteiger charge is 2.38. The lowest BCUT2D eigenvalue weighted by atomic mass is 9.91. The molecule has 0 aromatic heterocycles. The van der Waals surface area contributed by atoms with Crippen LogP contribution in [0.5, 0.6) is 0 Å². The van der Waals surface area contributed by atoms with Crippen molar-refractivity contribution in [3.05, 3.63) is 35.4 Å². The minimum Gasteiger partial charge on any atom is -0.387 e. The molecule has 0 bridgehead atoms. The minimum absolute atomic E-state index is 0.413. The maximum absolute atomic E-state index is 9.88. The second-order valence-corrected chi connectivity index (χ2v) is 4.71. The van der Waals surface area contributed by atoms with Gasteiger partial charge in [0.05, 0.1) is 5.60 Å². The molecule has 0 aliphatic carbocycles. The molecule has 0 radical (unpaired) electrons. The number of hydrogen-bond acceptors (Lipinski definition) is 2. The molecule has 2 rings (SSSR count). The lowest BCUT2D eigenvalue weighted by Crippen LogP contribution is -2.60. The summed E-state index contributed by atoms with van der Waals surface area (Å²) in [5.41, 5.74) is 2.23. The predicted molar refractivity (Wildman–Crippen MR) is 61.7 cm³/mol. The minimum atomic E-state index is -0.413. The Hall–Kier alpha value is -0.860. The van der Waals surface area contributed by atoms with Gasteiger partial charge >= 0.3 is 0 Å². The van der Waals surface area contributed by atoms with E-state index >= 15 is 0 Å². The summed E-state index contributed by atoms with van der Waals surface area (Å²) < 4.78 is 0. The molecule has 0 saturated carbocycles. The van der Waals surface area contributed by atoms with Crippen molar-refractivity contribution in [2.45, 2.75) is 32.4 Å². The average molecular weight is 205 g/mol. The summed E-state index contributed by atoms with van der Waals surface area (Å²) in [6, 6.07) is 8.57. The van der Waals surface area contributed by atoms with Crippen molar-refractivity contribution in [1.29, 1.82) is 0 Å². The lowest BCUT2D eigenvalue weighted by Gasteiger charge is -2.46. The number of hydrogen-bond donors (Lipinski definition) is 1. The van der Waals surface area contributed by atoms with Crippen LogP contribution in [0.25, 0.3) is 0 Å². The number of benzene rings is 1. The largest absolute Gasteiger partial charge is 0.387 e. The fourth-order valence-electron chi connectivity index (χ4n) is 2.19. The van der Waals surface area contributed by atoms with Crippen LogP contribution in [0.3, 0.4) is 0 Å². The molecule has 1 aliphatic rings. The van der Waals surface area contributed by atoms with Crippen LogP contribution < -0.4 is 0 Å². The lowest BCUT2D eigenvalue weighted by molar-refractivity contribution is -0.103. The number of nitrogens with zero attached hydrogens (tertiary/aromatic N) is 1. The molecule has 1 aliphatic heterocycles. The topological polar surface area (TPSA) is 23.5 Å². The van der Waals surface area contributed by atoms with Gasteiger partial charge in [-0.3, -0.25) is 4.90 Å². The van der Waals surface area contributed by atoms with E-state index in [1.54, 1.807) is 0 Å². The summed E-state index contributed by atoms with van der Waals surface area (Å²) in [6.07, 6.45) is 0.858. The van der Waals surface area contributed by atoms with E-state index in [0.717, 1.165) is 26.1 Å². The zero-order valence-electron chi connectivity index (χ0n) is 9.53. The molecule has 1 N–H and O–H groups in total. The predicted octanol–water partition coefficient (Wildman–Crippen LogP) is 1.95. The molecule has 0 spiro atoms. The fourth-order valence-corrected chi connectivity index (χ4v) is 2.19. The van der Waals surface area contributed by atoms with Gasteiger partial charge in [0.15, 0.2) is 0 Å². The Morgan fingerprint density at radius 1 is 1.40 bits per heavy atom. The first-order chi connectivity index (χ1) is 7.11.